The highest BCUT2D eigenvalue weighted by atomic mass is 32.2. The fourth-order valence-corrected chi connectivity index (χ4v) is 3.93. The summed E-state index contributed by atoms with van der Waals surface area (Å²) in [6.07, 6.45) is 0. The van der Waals surface area contributed by atoms with Crippen molar-refractivity contribution in [1.82, 2.24) is 0 Å². The Bertz CT molecular complexity index is 495. The molecule has 0 unspecified atom stereocenters. The van der Waals surface area contributed by atoms with E-state index in [0.29, 0.717) is 0 Å². The van der Waals surface area contributed by atoms with Gasteiger partial charge in [0.2, 0.25) is 0 Å². The number of hydrogen-bond acceptors (Lipinski definition) is 4. The maximum Gasteiger partial charge on any atom is 0.155 e. The van der Waals surface area contributed by atoms with Gasteiger partial charge in [-0.1, -0.05) is 19.1 Å². The first kappa shape index (κ1) is 12.4. The normalized spacial score (nSPS) is 27.8. The van der Waals surface area contributed by atoms with Gasteiger partial charge < -0.3 is 10.5 Å². The Labute approximate surface area is 102 Å². The average molecular weight is 255 g/mol. The van der Waals surface area contributed by atoms with E-state index in [2.05, 4.69) is 0 Å². The van der Waals surface area contributed by atoms with E-state index in [0.717, 1.165) is 11.3 Å². The molecule has 0 heterocycles. The van der Waals surface area contributed by atoms with Crippen molar-refractivity contribution >= 4 is 9.84 Å². The summed E-state index contributed by atoms with van der Waals surface area (Å²) in [6.45, 7) is 1.66. The van der Waals surface area contributed by atoms with Crippen LogP contribution in [-0.2, 0) is 9.84 Å². The van der Waals surface area contributed by atoms with Gasteiger partial charge in [0.25, 0.3) is 0 Å². The molecule has 1 aliphatic carbocycles. The Kier molecular flexibility index (Phi) is 3.14. The Hall–Kier alpha value is -1.07. The summed E-state index contributed by atoms with van der Waals surface area (Å²) in [7, 11) is -1.44. The Morgan fingerprint density at radius 3 is 2.35 bits per heavy atom. The predicted molar refractivity (Wildman–Crippen MR) is 67.0 cm³/mol. The molecule has 0 amide bonds. The van der Waals surface area contributed by atoms with Crippen LogP contribution in [0.1, 0.15) is 18.4 Å². The molecular weight excluding hydrogens is 238 g/mol. The molecule has 1 saturated carbocycles. The second-order valence-electron chi connectivity index (χ2n) is 4.29. The molecule has 1 fully saturated rings. The van der Waals surface area contributed by atoms with Crippen molar-refractivity contribution in [3.05, 3.63) is 29.8 Å². The molecule has 0 aromatic heterocycles. The van der Waals surface area contributed by atoms with Gasteiger partial charge in [0.1, 0.15) is 5.75 Å². The molecule has 1 aromatic rings. The van der Waals surface area contributed by atoms with Crippen molar-refractivity contribution < 1.29 is 13.2 Å². The molecule has 0 spiro atoms. The van der Waals surface area contributed by atoms with Gasteiger partial charge in [-0.25, -0.2) is 8.42 Å². The molecule has 0 aliphatic heterocycles. The number of methoxy groups -OCH3 is 1. The Morgan fingerprint density at radius 1 is 1.29 bits per heavy atom. The predicted octanol–water partition coefficient (Wildman–Crippen LogP) is 0.923. The summed E-state index contributed by atoms with van der Waals surface area (Å²) < 4.78 is 28.6. The number of nitrogens with two attached hydrogens (primary N) is 1. The first-order valence-corrected chi connectivity index (χ1v) is 7.34. The quantitative estimate of drug-likeness (QED) is 0.868. The molecule has 4 nitrogen and oxygen atoms in total. The van der Waals surface area contributed by atoms with E-state index in [1.807, 2.05) is 24.3 Å². The van der Waals surface area contributed by atoms with Crippen LogP contribution < -0.4 is 10.5 Å². The molecule has 0 saturated heterocycles. The van der Waals surface area contributed by atoms with E-state index < -0.39 is 15.1 Å². The van der Waals surface area contributed by atoms with Gasteiger partial charge in [-0.3, -0.25) is 0 Å². The zero-order chi connectivity index (χ0) is 12.6. The third-order valence-corrected chi connectivity index (χ3v) is 5.57. The zero-order valence-electron chi connectivity index (χ0n) is 9.96. The molecule has 3 atom stereocenters. The Morgan fingerprint density at radius 2 is 1.88 bits per heavy atom. The third-order valence-electron chi connectivity index (χ3n) is 3.32. The molecular formula is C12H17NO3S. The first-order valence-electron chi connectivity index (χ1n) is 5.62. The minimum Gasteiger partial charge on any atom is -0.497 e. The van der Waals surface area contributed by atoms with Crippen LogP contribution in [0.5, 0.6) is 5.75 Å². The lowest BCUT2D eigenvalue weighted by molar-refractivity contribution is 0.414. The van der Waals surface area contributed by atoms with Crippen LogP contribution >= 0.6 is 0 Å². The van der Waals surface area contributed by atoms with E-state index in [-0.39, 0.29) is 17.7 Å². The molecule has 94 valence electrons. The minimum atomic E-state index is -3.04. The van der Waals surface area contributed by atoms with Crippen LogP contribution in [-0.4, -0.2) is 32.6 Å². The van der Waals surface area contributed by atoms with Crippen LogP contribution in [0, 0.1) is 0 Å². The zero-order valence-corrected chi connectivity index (χ0v) is 10.8. The summed E-state index contributed by atoms with van der Waals surface area (Å²) in [5, 5.41) is -0.416. The highest BCUT2D eigenvalue weighted by Crippen LogP contribution is 2.45. The van der Waals surface area contributed by atoms with E-state index in [1.54, 1.807) is 14.0 Å². The maximum atomic E-state index is 11.8. The summed E-state index contributed by atoms with van der Waals surface area (Å²) >= 11 is 0. The van der Waals surface area contributed by atoms with Gasteiger partial charge in [-0.2, -0.15) is 0 Å². The molecule has 0 radical (unpaired) electrons. The molecule has 1 aromatic carbocycles. The van der Waals surface area contributed by atoms with Crippen LogP contribution in [0.4, 0.5) is 0 Å². The standard InChI is InChI=1S/C12H17NO3S/c1-3-17(14,15)12-10(11(12)13)8-4-6-9(16-2)7-5-8/h4-7,10-12H,3,13H2,1-2H3/t10-,11-,12-/m0/s1. The molecule has 0 bridgehead atoms. The van der Waals surface area contributed by atoms with E-state index >= 15 is 0 Å². The molecule has 5 heteroatoms. The SMILES string of the molecule is CCS(=O)(=O)[C@@H]1[C@@H](N)[C@@H]1c1ccc(OC)cc1. The number of rotatable bonds is 4. The minimum absolute atomic E-state index is 0.0640. The number of ether oxygens (including phenoxy) is 1. The fraction of sp³-hybridized carbons (Fsp3) is 0.500. The van der Waals surface area contributed by atoms with Crippen LogP contribution in [0.2, 0.25) is 0 Å². The molecule has 2 N–H and O–H groups in total. The first-order chi connectivity index (χ1) is 8.01. The van der Waals surface area contributed by atoms with Crippen LogP contribution in [0.15, 0.2) is 24.3 Å². The third kappa shape index (κ3) is 2.17. The fourth-order valence-electron chi connectivity index (χ4n) is 2.20. The van der Waals surface area contributed by atoms with Crippen molar-refractivity contribution in [2.24, 2.45) is 5.73 Å². The van der Waals surface area contributed by atoms with Gasteiger partial charge in [-0.15, -0.1) is 0 Å². The summed E-state index contributed by atoms with van der Waals surface area (Å²) in [5.41, 5.74) is 6.84. The largest absolute Gasteiger partial charge is 0.497 e. The van der Waals surface area contributed by atoms with Crippen LogP contribution in [0.25, 0.3) is 0 Å². The van der Waals surface area contributed by atoms with Gasteiger partial charge in [0, 0.05) is 17.7 Å². The van der Waals surface area contributed by atoms with Gasteiger partial charge >= 0.3 is 0 Å². The lowest BCUT2D eigenvalue weighted by atomic mass is 10.1. The lowest BCUT2D eigenvalue weighted by Gasteiger charge is -2.02. The highest BCUT2D eigenvalue weighted by Gasteiger charge is 2.55. The smallest absolute Gasteiger partial charge is 0.155 e. The summed E-state index contributed by atoms with van der Waals surface area (Å²) in [5.74, 6) is 0.849. The monoisotopic (exact) mass is 255 g/mol. The Balaban J connectivity index is 2.20. The summed E-state index contributed by atoms with van der Waals surface area (Å²) in [4.78, 5) is 0. The van der Waals surface area contributed by atoms with Gasteiger partial charge in [-0.05, 0) is 17.7 Å². The maximum absolute atomic E-state index is 11.8. The lowest BCUT2D eigenvalue weighted by Crippen LogP contribution is -2.17. The molecule has 2 rings (SSSR count). The number of hydrogen-bond donors (Lipinski definition) is 1. The molecule has 17 heavy (non-hydrogen) atoms. The van der Waals surface area contributed by atoms with E-state index in [9.17, 15) is 8.42 Å². The van der Waals surface area contributed by atoms with E-state index in [1.165, 1.54) is 0 Å². The van der Waals surface area contributed by atoms with Crippen molar-refractivity contribution in [3.63, 3.8) is 0 Å². The van der Waals surface area contributed by atoms with E-state index in [4.69, 9.17) is 10.5 Å². The highest BCUT2D eigenvalue weighted by molar-refractivity contribution is 7.92. The van der Waals surface area contributed by atoms with Gasteiger partial charge in [0.15, 0.2) is 9.84 Å². The van der Waals surface area contributed by atoms with Crippen molar-refractivity contribution in [3.8, 4) is 5.75 Å². The number of sulfone groups is 1. The molecule has 1 aliphatic rings. The topological polar surface area (TPSA) is 69.4 Å². The second kappa shape index (κ2) is 4.31. The van der Waals surface area contributed by atoms with Crippen molar-refractivity contribution in [2.45, 2.75) is 24.1 Å². The number of benzene rings is 1. The second-order valence-corrected chi connectivity index (χ2v) is 6.74. The van der Waals surface area contributed by atoms with Gasteiger partial charge in [0.05, 0.1) is 12.4 Å². The average Bonchev–Trinajstić information content (AvgIpc) is 3.02. The van der Waals surface area contributed by atoms with Crippen LogP contribution in [0.3, 0.4) is 0 Å². The summed E-state index contributed by atoms with van der Waals surface area (Å²) in [6, 6.07) is 7.16. The van der Waals surface area contributed by atoms with Crippen molar-refractivity contribution in [2.75, 3.05) is 12.9 Å². The van der Waals surface area contributed by atoms with Crippen molar-refractivity contribution in [1.29, 1.82) is 0 Å².